The largest absolute Gasteiger partial charge is 0.483 e. The number of para-hydroxylation sites is 1. The third-order valence-electron chi connectivity index (χ3n) is 4.35. The topological polar surface area (TPSA) is 42.4 Å². The van der Waals surface area contributed by atoms with E-state index < -0.39 is 0 Å². The second-order valence-electron chi connectivity index (χ2n) is 6.16. The molecule has 0 saturated carbocycles. The van der Waals surface area contributed by atoms with Gasteiger partial charge in [0, 0.05) is 24.2 Å². The number of hydrogen-bond acceptors (Lipinski definition) is 3. The van der Waals surface area contributed by atoms with E-state index >= 15 is 0 Å². The smallest absolute Gasteiger partial charge is 0.260 e. The summed E-state index contributed by atoms with van der Waals surface area (Å²) in [6.07, 6.45) is 3.91. The zero-order valence-electron chi connectivity index (χ0n) is 13.2. The van der Waals surface area contributed by atoms with Gasteiger partial charge in [-0.2, -0.15) is 0 Å². The van der Waals surface area contributed by atoms with Gasteiger partial charge in [-0.15, -0.1) is 0 Å². The molecule has 1 atom stereocenters. The van der Waals surface area contributed by atoms with Crippen LogP contribution in [0.25, 0.3) is 10.9 Å². The van der Waals surface area contributed by atoms with Gasteiger partial charge in [-0.25, -0.2) is 0 Å². The molecule has 1 aliphatic heterocycles. The van der Waals surface area contributed by atoms with Crippen molar-refractivity contribution >= 4 is 16.8 Å². The Labute approximate surface area is 131 Å². The summed E-state index contributed by atoms with van der Waals surface area (Å²) in [4.78, 5) is 18.7. The van der Waals surface area contributed by atoms with Crippen molar-refractivity contribution in [1.82, 2.24) is 9.88 Å². The Bertz CT molecular complexity index is 664. The summed E-state index contributed by atoms with van der Waals surface area (Å²) in [6, 6.07) is 9.98. The number of nitrogens with zero attached hydrogens (tertiary/aromatic N) is 2. The first-order valence-corrected chi connectivity index (χ1v) is 7.93. The highest BCUT2D eigenvalue weighted by Gasteiger charge is 2.30. The first-order chi connectivity index (χ1) is 10.7. The lowest BCUT2D eigenvalue weighted by Gasteiger charge is -2.27. The summed E-state index contributed by atoms with van der Waals surface area (Å²) in [5.41, 5.74) is 0.883. The molecule has 116 valence electrons. The van der Waals surface area contributed by atoms with Gasteiger partial charge >= 0.3 is 0 Å². The average Bonchev–Trinajstić information content (AvgIpc) is 3.02. The third kappa shape index (κ3) is 2.91. The van der Waals surface area contributed by atoms with Crippen molar-refractivity contribution in [3.8, 4) is 5.75 Å². The number of hydrogen-bond donors (Lipinski definition) is 0. The van der Waals surface area contributed by atoms with E-state index in [1.807, 2.05) is 35.2 Å². The number of ether oxygens (including phenoxy) is 1. The Balaban J connectivity index is 1.70. The van der Waals surface area contributed by atoms with Crippen molar-refractivity contribution in [1.29, 1.82) is 0 Å². The minimum Gasteiger partial charge on any atom is -0.483 e. The highest BCUT2D eigenvalue weighted by Crippen LogP contribution is 2.25. The van der Waals surface area contributed by atoms with Crippen molar-refractivity contribution in [3.05, 3.63) is 36.5 Å². The number of likely N-dealkylation sites (tertiary alicyclic amines) is 1. The minimum absolute atomic E-state index is 0.0806. The molecular formula is C18H22N2O2. The summed E-state index contributed by atoms with van der Waals surface area (Å²) >= 11 is 0. The van der Waals surface area contributed by atoms with Crippen LogP contribution in [0.5, 0.6) is 5.75 Å². The Hall–Kier alpha value is -2.10. The quantitative estimate of drug-likeness (QED) is 0.870. The van der Waals surface area contributed by atoms with Crippen LogP contribution in [0.4, 0.5) is 0 Å². The van der Waals surface area contributed by atoms with Gasteiger partial charge in [0.25, 0.3) is 5.91 Å². The number of fused-ring (bicyclic) bond motifs is 1. The first-order valence-electron chi connectivity index (χ1n) is 7.93. The van der Waals surface area contributed by atoms with Crippen LogP contribution in [-0.4, -0.2) is 35.0 Å². The van der Waals surface area contributed by atoms with Crippen molar-refractivity contribution in [3.63, 3.8) is 0 Å². The fourth-order valence-electron chi connectivity index (χ4n) is 3.21. The van der Waals surface area contributed by atoms with E-state index in [9.17, 15) is 4.79 Å². The molecular weight excluding hydrogens is 276 g/mol. The summed E-state index contributed by atoms with van der Waals surface area (Å²) in [5.74, 6) is 1.30. The second-order valence-corrected chi connectivity index (χ2v) is 6.16. The predicted octanol–water partition coefficient (Wildman–Crippen LogP) is 3.26. The average molecular weight is 298 g/mol. The van der Waals surface area contributed by atoms with Crippen LogP contribution in [0, 0.1) is 5.92 Å². The summed E-state index contributed by atoms with van der Waals surface area (Å²) < 4.78 is 5.79. The van der Waals surface area contributed by atoms with Crippen LogP contribution < -0.4 is 4.74 Å². The van der Waals surface area contributed by atoms with Crippen LogP contribution in [0.1, 0.15) is 26.7 Å². The fraction of sp³-hybridized carbons (Fsp3) is 0.444. The highest BCUT2D eigenvalue weighted by atomic mass is 16.5. The maximum Gasteiger partial charge on any atom is 0.260 e. The molecule has 0 aliphatic carbocycles. The molecule has 0 radical (unpaired) electrons. The van der Waals surface area contributed by atoms with Crippen molar-refractivity contribution in [2.75, 3.05) is 13.2 Å². The standard InChI is InChI=1S/C18H22N2O2/c1-13(2)16-8-5-11-20(16)18(21)12-22-17-9-10-19-15-7-4-3-6-14(15)17/h3-4,6-7,9-10,13,16H,5,8,11-12H2,1-2H3. The lowest BCUT2D eigenvalue weighted by molar-refractivity contribution is -0.134. The molecule has 1 aromatic heterocycles. The Kier molecular flexibility index (Phi) is 4.27. The minimum atomic E-state index is 0.0806. The summed E-state index contributed by atoms with van der Waals surface area (Å²) in [6.45, 7) is 5.29. The van der Waals surface area contributed by atoms with Gasteiger partial charge in [-0.1, -0.05) is 26.0 Å². The number of benzene rings is 1. The van der Waals surface area contributed by atoms with Gasteiger partial charge in [-0.3, -0.25) is 9.78 Å². The van der Waals surface area contributed by atoms with Crippen molar-refractivity contribution in [2.24, 2.45) is 5.92 Å². The van der Waals surface area contributed by atoms with Crippen LogP contribution >= 0.6 is 0 Å². The Morgan fingerprint density at radius 3 is 3.00 bits per heavy atom. The van der Waals surface area contributed by atoms with Crippen LogP contribution in [-0.2, 0) is 4.79 Å². The second kappa shape index (κ2) is 6.34. The molecule has 0 N–H and O–H groups in total. The molecule has 0 bridgehead atoms. The SMILES string of the molecule is CC(C)C1CCCN1C(=O)COc1ccnc2ccccc12. The first kappa shape index (κ1) is 14.8. The highest BCUT2D eigenvalue weighted by molar-refractivity contribution is 5.85. The van der Waals surface area contributed by atoms with Crippen LogP contribution in [0.15, 0.2) is 36.5 Å². The summed E-state index contributed by atoms with van der Waals surface area (Å²) in [7, 11) is 0. The number of carbonyl (C=O) groups excluding carboxylic acids is 1. The maximum absolute atomic E-state index is 12.5. The molecule has 1 saturated heterocycles. The lowest BCUT2D eigenvalue weighted by atomic mass is 10.0. The molecule has 1 unspecified atom stereocenters. The molecule has 22 heavy (non-hydrogen) atoms. The number of aromatic nitrogens is 1. The molecule has 2 heterocycles. The van der Waals surface area contributed by atoms with Crippen LogP contribution in [0.2, 0.25) is 0 Å². The van der Waals surface area contributed by atoms with Crippen molar-refractivity contribution in [2.45, 2.75) is 32.7 Å². The van der Waals surface area contributed by atoms with E-state index in [0.29, 0.717) is 12.0 Å². The molecule has 1 aliphatic rings. The molecule has 2 aromatic rings. The van der Waals surface area contributed by atoms with E-state index in [0.717, 1.165) is 36.0 Å². The molecule has 1 aromatic carbocycles. The number of amides is 1. The lowest BCUT2D eigenvalue weighted by Crippen LogP contribution is -2.41. The molecule has 3 rings (SSSR count). The number of carbonyl (C=O) groups is 1. The van der Waals surface area contributed by atoms with E-state index in [1.165, 1.54) is 0 Å². The molecule has 4 nitrogen and oxygen atoms in total. The van der Waals surface area contributed by atoms with Gasteiger partial charge in [0.05, 0.1) is 5.52 Å². The molecule has 4 heteroatoms. The van der Waals surface area contributed by atoms with Gasteiger partial charge in [0.15, 0.2) is 6.61 Å². The van der Waals surface area contributed by atoms with E-state index in [-0.39, 0.29) is 12.5 Å². The van der Waals surface area contributed by atoms with E-state index in [4.69, 9.17) is 4.74 Å². The van der Waals surface area contributed by atoms with Gasteiger partial charge in [-0.05, 0) is 37.0 Å². The maximum atomic E-state index is 12.5. The third-order valence-corrected chi connectivity index (χ3v) is 4.35. The Morgan fingerprint density at radius 1 is 1.36 bits per heavy atom. The zero-order chi connectivity index (χ0) is 15.5. The van der Waals surface area contributed by atoms with E-state index in [2.05, 4.69) is 18.8 Å². The zero-order valence-corrected chi connectivity index (χ0v) is 13.2. The van der Waals surface area contributed by atoms with Gasteiger partial charge in [0.2, 0.25) is 0 Å². The van der Waals surface area contributed by atoms with Gasteiger partial charge < -0.3 is 9.64 Å². The molecule has 1 fully saturated rings. The van der Waals surface area contributed by atoms with Gasteiger partial charge in [0.1, 0.15) is 5.75 Å². The number of rotatable bonds is 4. The van der Waals surface area contributed by atoms with Crippen molar-refractivity contribution < 1.29 is 9.53 Å². The normalized spacial score (nSPS) is 18.1. The Morgan fingerprint density at radius 2 is 2.18 bits per heavy atom. The molecule has 1 amide bonds. The predicted molar refractivity (Wildman–Crippen MR) is 86.8 cm³/mol. The van der Waals surface area contributed by atoms with E-state index in [1.54, 1.807) is 6.20 Å². The summed E-state index contributed by atoms with van der Waals surface area (Å²) in [5, 5.41) is 0.944. The fourth-order valence-corrected chi connectivity index (χ4v) is 3.21. The molecule has 0 spiro atoms. The van der Waals surface area contributed by atoms with Crippen LogP contribution in [0.3, 0.4) is 0 Å². The number of pyridine rings is 1. The monoisotopic (exact) mass is 298 g/mol.